The number of hydrogen-bond donors (Lipinski definition) is 3. The summed E-state index contributed by atoms with van der Waals surface area (Å²) in [6.45, 7) is 0. The molecule has 0 saturated heterocycles. The third-order valence-electron chi connectivity index (χ3n) is 13.4. The lowest BCUT2D eigenvalue weighted by Gasteiger charge is -2.33. The van der Waals surface area contributed by atoms with E-state index in [4.69, 9.17) is 15.0 Å². The number of nitrogens with one attached hydrogen (secondary N) is 3. The summed E-state index contributed by atoms with van der Waals surface area (Å²) in [4.78, 5) is 15.7. The standard InChI is InChI=1S/C62H44N6S/c1-3-17-42(18-4-1)57-63-58(43-19-5-2-6-20-43)65-59(64-57)44-32-30-41(31-33-44)53-38-56-54(50-26-11-12-28-55(50)69-56)37-52(53)46-23-13-24-47(36-46)60-66-61(48-34-29-39-15-7-8-21-45(39)35-48)68-62(67-60)51-27-14-22-40-16-9-10-25-49(40)51/h1-38,57,60,62,67H,(H,66,68)(H,63,64,65). The van der Waals surface area contributed by atoms with Crippen molar-refractivity contribution in [2.45, 2.75) is 18.5 Å². The van der Waals surface area contributed by atoms with E-state index in [-0.39, 0.29) is 18.5 Å². The summed E-state index contributed by atoms with van der Waals surface area (Å²) in [6, 6.07) is 82.1. The van der Waals surface area contributed by atoms with Crippen molar-refractivity contribution in [1.82, 2.24) is 16.0 Å². The molecule has 1 aromatic heterocycles. The van der Waals surface area contributed by atoms with E-state index < -0.39 is 0 Å². The minimum Gasteiger partial charge on any atom is -0.350 e. The molecule has 7 heteroatoms. The van der Waals surface area contributed by atoms with E-state index in [1.165, 1.54) is 47.3 Å². The Balaban J connectivity index is 0.910. The smallest absolute Gasteiger partial charge is 0.169 e. The maximum Gasteiger partial charge on any atom is 0.169 e. The minimum atomic E-state index is -0.365. The van der Waals surface area contributed by atoms with Crippen molar-refractivity contribution in [3.8, 4) is 22.3 Å². The molecular formula is C62H44N6S. The molecule has 328 valence electrons. The minimum absolute atomic E-state index is 0.201. The summed E-state index contributed by atoms with van der Waals surface area (Å²) in [5.74, 6) is 2.45. The second-order valence-corrected chi connectivity index (χ2v) is 18.8. The van der Waals surface area contributed by atoms with Crippen LogP contribution in [0.2, 0.25) is 0 Å². The quantitative estimate of drug-likeness (QED) is 0.142. The average Bonchev–Trinajstić information content (AvgIpc) is 3.80. The maximum atomic E-state index is 5.46. The molecule has 2 aliphatic rings. The van der Waals surface area contributed by atoms with Crippen molar-refractivity contribution in [3.05, 3.63) is 264 Å². The zero-order chi connectivity index (χ0) is 45.7. The van der Waals surface area contributed by atoms with Crippen LogP contribution >= 0.6 is 11.3 Å². The number of hydrogen-bond acceptors (Lipinski definition) is 7. The lowest BCUT2D eigenvalue weighted by molar-refractivity contribution is 0.411. The SMILES string of the molecule is c1ccc(C2=NC(c3ccccc3)N=C(c3ccc(-c4cc5sc6ccccc6c5cc4-c4cccc(C5N=C(c6ccc7ccccc7c6)NC(c6cccc7ccccc67)N5)c4)cc3)N2)cc1. The Morgan fingerprint density at radius 3 is 1.80 bits per heavy atom. The van der Waals surface area contributed by atoms with Gasteiger partial charge in [0.15, 0.2) is 6.17 Å². The van der Waals surface area contributed by atoms with Gasteiger partial charge in [-0.25, -0.2) is 15.0 Å². The molecule has 0 radical (unpaired) electrons. The second kappa shape index (κ2) is 17.3. The van der Waals surface area contributed by atoms with Crippen molar-refractivity contribution < 1.29 is 0 Å². The zero-order valence-corrected chi connectivity index (χ0v) is 38.2. The van der Waals surface area contributed by atoms with E-state index in [0.717, 1.165) is 67.6 Å². The van der Waals surface area contributed by atoms with Crippen molar-refractivity contribution in [3.63, 3.8) is 0 Å². The van der Waals surface area contributed by atoms with Crippen molar-refractivity contribution in [1.29, 1.82) is 0 Å². The number of benzene rings is 10. The Bertz CT molecular complexity index is 3830. The Kier molecular flexibility index (Phi) is 10.2. The highest BCUT2D eigenvalue weighted by Crippen LogP contribution is 2.43. The molecule has 0 bridgehead atoms. The van der Waals surface area contributed by atoms with E-state index >= 15 is 0 Å². The Morgan fingerprint density at radius 2 is 0.971 bits per heavy atom. The van der Waals surface area contributed by atoms with Gasteiger partial charge in [0, 0.05) is 36.9 Å². The summed E-state index contributed by atoms with van der Waals surface area (Å²) in [5, 5.41) is 18.7. The number of aliphatic imine (C=N–C) groups is 3. The molecule has 11 aromatic rings. The molecule has 10 aromatic carbocycles. The molecule has 6 nitrogen and oxygen atoms in total. The summed E-state index contributed by atoms with van der Waals surface area (Å²) in [5.41, 5.74) is 10.9. The van der Waals surface area contributed by atoms with E-state index in [1.807, 2.05) is 47.7 Å². The Hall–Kier alpha value is -8.49. The fraction of sp³-hybridized carbons (Fsp3) is 0.0484. The first-order chi connectivity index (χ1) is 34.1. The van der Waals surface area contributed by atoms with Crippen LogP contribution in [0.25, 0.3) is 64.0 Å². The third kappa shape index (κ3) is 7.74. The lowest BCUT2D eigenvalue weighted by atomic mass is 9.91. The van der Waals surface area contributed by atoms with Crippen LogP contribution in [0.15, 0.2) is 245 Å². The van der Waals surface area contributed by atoms with Crippen molar-refractivity contribution in [2.75, 3.05) is 0 Å². The molecule has 0 spiro atoms. The van der Waals surface area contributed by atoms with Gasteiger partial charge in [-0.1, -0.05) is 200 Å². The highest BCUT2D eigenvalue weighted by atomic mass is 32.1. The van der Waals surface area contributed by atoms with Crippen LogP contribution in [0.5, 0.6) is 0 Å². The summed E-state index contributed by atoms with van der Waals surface area (Å²) < 4.78 is 2.53. The van der Waals surface area contributed by atoms with Gasteiger partial charge in [-0.2, -0.15) is 0 Å². The van der Waals surface area contributed by atoms with Gasteiger partial charge in [0.05, 0.1) is 0 Å². The Labute approximate surface area is 404 Å². The van der Waals surface area contributed by atoms with Gasteiger partial charge >= 0.3 is 0 Å². The van der Waals surface area contributed by atoms with Gasteiger partial charge in [0.25, 0.3) is 0 Å². The van der Waals surface area contributed by atoms with E-state index in [9.17, 15) is 0 Å². The normalized spacial score (nSPS) is 17.0. The predicted octanol–water partition coefficient (Wildman–Crippen LogP) is 14.5. The largest absolute Gasteiger partial charge is 0.350 e. The summed E-state index contributed by atoms with van der Waals surface area (Å²) in [6.07, 6.45) is -0.901. The number of rotatable bonds is 8. The molecule has 3 heterocycles. The van der Waals surface area contributed by atoms with Gasteiger partial charge in [0.1, 0.15) is 29.8 Å². The molecule has 0 saturated carbocycles. The van der Waals surface area contributed by atoms with Crippen LogP contribution in [-0.4, -0.2) is 17.5 Å². The monoisotopic (exact) mass is 904 g/mol. The fourth-order valence-corrected chi connectivity index (χ4v) is 11.0. The Morgan fingerprint density at radius 1 is 0.362 bits per heavy atom. The number of nitrogens with zero attached hydrogens (tertiary/aromatic N) is 3. The third-order valence-corrected chi connectivity index (χ3v) is 14.5. The summed E-state index contributed by atoms with van der Waals surface area (Å²) in [7, 11) is 0. The average molecular weight is 905 g/mol. The van der Waals surface area contributed by atoms with E-state index in [2.05, 4.69) is 210 Å². The van der Waals surface area contributed by atoms with Crippen LogP contribution < -0.4 is 16.0 Å². The van der Waals surface area contributed by atoms with Crippen molar-refractivity contribution in [2.24, 2.45) is 15.0 Å². The molecule has 2 aliphatic heterocycles. The number of thiophene rings is 1. The molecule has 3 atom stereocenters. The molecule has 3 N–H and O–H groups in total. The molecule has 3 unspecified atom stereocenters. The second-order valence-electron chi connectivity index (χ2n) is 17.7. The van der Waals surface area contributed by atoms with Crippen LogP contribution in [0.1, 0.15) is 51.9 Å². The van der Waals surface area contributed by atoms with Gasteiger partial charge in [-0.15, -0.1) is 11.3 Å². The summed E-state index contributed by atoms with van der Waals surface area (Å²) >= 11 is 1.84. The molecule has 0 fully saturated rings. The van der Waals surface area contributed by atoms with Gasteiger partial charge in [-0.3, -0.25) is 5.32 Å². The zero-order valence-electron chi connectivity index (χ0n) is 37.4. The highest BCUT2D eigenvalue weighted by Gasteiger charge is 2.28. The van der Waals surface area contributed by atoms with Crippen LogP contribution in [0.4, 0.5) is 0 Å². The first kappa shape index (κ1) is 40.8. The van der Waals surface area contributed by atoms with Gasteiger partial charge in [0.2, 0.25) is 0 Å². The predicted molar refractivity (Wildman–Crippen MR) is 288 cm³/mol. The van der Waals surface area contributed by atoms with Crippen LogP contribution in [0.3, 0.4) is 0 Å². The van der Waals surface area contributed by atoms with E-state index in [1.54, 1.807) is 0 Å². The molecule has 69 heavy (non-hydrogen) atoms. The number of fused-ring (bicyclic) bond motifs is 5. The first-order valence-electron chi connectivity index (χ1n) is 23.4. The van der Waals surface area contributed by atoms with E-state index in [0.29, 0.717) is 0 Å². The molecule has 0 amide bonds. The van der Waals surface area contributed by atoms with Gasteiger partial charge < -0.3 is 10.6 Å². The fourth-order valence-electron chi connectivity index (χ4n) is 9.92. The highest BCUT2D eigenvalue weighted by molar-refractivity contribution is 7.25. The number of amidine groups is 3. The molecular weight excluding hydrogens is 861 g/mol. The van der Waals surface area contributed by atoms with Crippen LogP contribution in [0, 0.1) is 0 Å². The van der Waals surface area contributed by atoms with Crippen LogP contribution in [-0.2, 0) is 0 Å². The lowest BCUT2D eigenvalue weighted by Crippen LogP contribution is -2.45. The molecule has 13 rings (SSSR count). The van der Waals surface area contributed by atoms with Crippen molar-refractivity contribution >= 4 is 70.6 Å². The topological polar surface area (TPSA) is 73.2 Å². The first-order valence-corrected chi connectivity index (χ1v) is 24.2. The molecule has 0 aliphatic carbocycles. The van der Waals surface area contributed by atoms with Gasteiger partial charge in [-0.05, 0) is 90.8 Å². The maximum absolute atomic E-state index is 5.46.